The first kappa shape index (κ1) is 23.1. The minimum absolute atomic E-state index is 0.113. The zero-order valence-electron chi connectivity index (χ0n) is 20.1. The van der Waals surface area contributed by atoms with Crippen LogP contribution < -0.4 is 15.8 Å². The lowest BCUT2D eigenvalue weighted by atomic mass is 10.0. The summed E-state index contributed by atoms with van der Waals surface area (Å²) in [5, 5.41) is 22.4. The van der Waals surface area contributed by atoms with E-state index in [1.54, 1.807) is 35.9 Å². The highest BCUT2D eigenvalue weighted by Gasteiger charge is 2.24. The van der Waals surface area contributed by atoms with Crippen molar-refractivity contribution in [2.75, 3.05) is 16.8 Å². The molecule has 36 heavy (non-hydrogen) atoms. The van der Waals surface area contributed by atoms with Gasteiger partial charge >= 0.3 is 5.97 Å². The molecular formula is C28H25N5O3. The molecule has 3 aromatic carbocycles. The molecule has 8 heteroatoms. The van der Waals surface area contributed by atoms with E-state index in [9.17, 15) is 20.0 Å². The average molecular weight is 480 g/mol. The number of carboxylic acid groups (broad SMARTS) is 1. The summed E-state index contributed by atoms with van der Waals surface area (Å²) >= 11 is 0. The molecule has 180 valence electrons. The zero-order chi connectivity index (χ0) is 25.4. The molecule has 8 nitrogen and oxygen atoms in total. The Kier molecular flexibility index (Phi) is 5.90. The van der Waals surface area contributed by atoms with E-state index in [0.717, 1.165) is 22.3 Å². The second-order valence-corrected chi connectivity index (χ2v) is 9.08. The largest absolute Gasteiger partial charge is 0.478 e. The number of nitriles is 1. The molecule has 4 aromatic rings. The lowest BCUT2D eigenvalue weighted by Crippen LogP contribution is -2.28. The maximum atomic E-state index is 13.4. The molecule has 0 fully saturated rings. The van der Waals surface area contributed by atoms with E-state index in [-0.39, 0.29) is 11.1 Å². The van der Waals surface area contributed by atoms with Gasteiger partial charge in [-0.25, -0.2) is 9.78 Å². The fourth-order valence-corrected chi connectivity index (χ4v) is 4.83. The number of carboxylic acids is 1. The Hall–Kier alpha value is -4.64. The van der Waals surface area contributed by atoms with Gasteiger partial charge in [0.1, 0.15) is 0 Å². The molecular weight excluding hydrogens is 454 g/mol. The number of benzene rings is 3. The van der Waals surface area contributed by atoms with E-state index >= 15 is 0 Å². The van der Waals surface area contributed by atoms with Crippen molar-refractivity contribution < 1.29 is 9.90 Å². The quantitative estimate of drug-likeness (QED) is 0.430. The van der Waals surface area contributed by atoms with Crippen molar-refractivity contribution in [1.29, 1.82) is 5.26 Å². The van der Waals surface area contributed by atoms with Gasteiger partial charge in [-0.2, -0.15) is 5.26 Å². The monoisotopic (exact) mass is 479 g/mol. The highest BCUT2D eigenvalue weighted by atomic mass is 16.4. The van der Waals surface area contributed by atoms with Gasteiger partial charge < -0.3 is 15.3 Å². The lowest BCUT2D eigenvalue weighted by Gasteiger charge is -2.21. The van der Waals surface area contributed by atoms with Crippen LogP contribution in [0.2, 0.25) is 0 Å². The van der Waals surface area contributed by atoms with Gasteiger partial charge in [-0.15, -0.1) is 0 Å². The first-order valence-corrected chi connectivity index (χ1v) is 11.7. The lowest BCUT2D eigenvalue weighted by molar-refractivity contribution is 0.0698. The minimum Gasteiger partial charge on any atom is -0.478 e. The molecule has 0 saturated carbocycles. The van der Waals surface area contributed by atoms with Crippen molar-refractivity contribution in [3.63, 3.8) is 0 Å². The Bertz CT molecular complexity index is 1620. The van der Waals surface area contributed by atoms with Crippen LogP contribution in [0.15, 0.2) is 59.4 Å². The van der Waals surface area contributed by atoms with Gasteiger partial charge in [0, 0.05) is 32.4 Å². The van der Waals surface area contributed by atoms with Crippen LogP contribution in [-0.2, 0) is 26.6 Å². The van der Waals surface area contributed by atoms with Crippen LogP contribution in [0, 0.1) is 18.3 Å². The van der Waals surface area contributed by atoms with E-state index in [1.165, 1.54) is 0 Å². The van der Waals surface area contributed by atoms with Crippen molar-refractivity contribution in [3.05, 3.63) is 98.3 Å². The zero-order valence-corrected chi connectivity index (χ0v) is 20.1. The number of aryl methyl sites for hydroxylation is 1. The van der Waals surface area contributed by atoms with Gasteiger partial charge in [0.15, 0.2) is 0 Å². The summed E-state index contributed by atoms with van der Waals surface area (Å²) < 4.78 is 1.59. The van der Waals surface area contributed by atoms with Crippen molar-refractivity contribution in [2.45, 2.75) is 26.4 Å². The summed E-state index contributed by atoms with van der Waals surface area (Å²) in [5.74, 6) is -0.404. The number of carbonyl (C=O) groups is 1. The smallest absolute Gasteiger partial charge is 0.337 e. The first-order valence-electron chi connectivity index (χ1n) is 11.7. The summed E-state index contributed by atoms with van der Waals surface area (Å²) in [6, 6.07) is 18.5. The highest BCUT2D eigenvalue weighted by molar-refractivity contribution is 5.94. The number of aromatic carboxylic acids is 1. The van der Waals surface area contributed by atoms with Gasteiger partial charge in [-0.05, 0) is 65.9 Å². The topological polar surface area (TPSA) is 111 Å². The third-order valence-electron chi connectivity index (χ3n) is 6.59. The molecule has 5 rings (SSSR count). The maximum absolute atomic E-state index is 13.4. The Labute approximate surface area is 208 Å². The molecule has 0 aliphatic carbocycles. The van der Waals surface area contributed by atoms with Gasteiger partial charge in [0.25, 0.3) is 5.56 Å². The van der Waals surface area contributed by atoms with Crippen LogP contribution in [0.4, 0.5) is 11.6 Å². The standard InChI is InChI=1S/C28H25N5O3/c1-17-11-19(9-10-30-24-6-4-3-5-22(24)27(35)36)25-23(12-17)26(34)32(2)28(31-25)33-15-20-8-7-18(14-29)13-21(20)16-33/h3-8,11-13,30H,9-10,15-16H2,1-2H3,(H,35,36). The van der Waals surface area contributed by atoms with Crippen LogP contribution in [0.1, 0.15) is 38.2 Å². The Morgan fingerprint density at radius 1 is 1.14 bits per heavy atom. The molecule has 0 atom stereocenters. The first-order chi connectivity index (χ1) is 17.4. The fourth-order valence-electron chi connectivity index (χ4n) is 4.83. The van der Waals surface area contributed by atoms with Gasteiger partial charge in [0.05, 0.1) is 28.1 Å². The Morgan fingerprint density at radius 3 is 2.69 bits per heavy atom. The predicted octanol–water partition coefficient (Wildman–Crippen LogP) is 3.99. The number of fused-ring (bicyclic) bond motifs is 2. The number of para-hydroxylation sites is 1. The number of rotatable bonds is 6. The molecule has 0 amide bonds. The van der Waals surface area contributed by atoms with E-state index in [2.05, 4.69) is 16.3 Å². The number of nitrogens with one attached hydrogen (secondary N) is 1. The molecule has 0 bridgehead atoms. The summed E-state index contributed by atoms with van der Waals surface area (Å²) in [6.45, 7) is 3.63. The van der Waals surface area contributed by atoms with Crippen molar-refractivity contribution >= 4 is 28.5 Å². The molecule has 0 saturated heterocycles. The average Bonchev–Trinajstić information content (AvgIpc) is 3.29. The van der Waals surface area contributed by atoms with Crippen LogP contribution in [-0.4, -0.2) is 27.2 Å². The van der Waals surface area contributed by atoms with Crippen LogP contribution in [0.5, 0.6) is 0 Å². The van der Waals surface area contributed by atoms with Crippen LogP contribution >= 0.6 is 0 Å². The Balaban J connectivity index is 1.48. The summed E-state index contributed by atoms with van der Waals surface area (Å²) in [7, 11) is 1.74. The van der Waals surface area contributed by atoms with Gasteiger partial charge in [-0.1, -0.05) is 24.3 Å². The molecule has 1 aliphatic heterocycles. The third kappa shape index (κ3) is 4.16. The second-order valence-electron chi connectivity index (χ2n) is 9.08. The molecule has 0 radical (unpaired) electrons. The summed E-state index contributed by atoms with van der Waals surface area (Å²) in [5.41, 5.74) is 6.00. The van der Waals surface area contributed by atoms with Crippen LogP contribution in [0.25, 0.3) is 10.9 Å². The van der Waals surface area contributed by atoms with Gasteiger partial charge in [0.2, 0.25) is 5.95 Å². The van der Waals surface area contributed by atoms with E-state index < -0.39 is 5.97 Å². The third-order valence-corrected chi connectivity index (χ3v) is 6.59. The minimum atomic E-state index is -0.984. The number of hydrogen-bond acceptors (Lipinski definition) is 6. The van der Waals surface area contributed by atoms with Crippen molar-refractivity contribution in [1.82, 2.24) is 9.55 Å². The maximum Gasteiger partial charge on any atom is 0.337 e. The Morgan fingerprint density at radius 2 is 1.92 bits per heavy atom. The van der Waals surface area contributed by atoms with Gasteiger partial charge in [-0.3, -0.25) is 9.36 Å². The van der Waals surface area contributed by atoms with E-state index in [0.29, 0.717) is 54.2 Å². The van der Waals surface area contributed by atoms with E-state index in [1.807, 2.05) is 37.3 Å². The molecule has 2 N–H and O–H groups in total. The molecule has 1 aromatic heterocycles. The highest BCUT2D eigenvalue weighted by Crippen LogP contribution is 2.29. The predicted molar refractivity (Wildman–Crippen MR) is 138 cm³/mol. The number of anilines is 2. The van der Waals surface area contributed by atoms with Crippen LogP contribution in [0.3, 0.4) is 0 Å². The molecule has 2 heterocycles. The SMILES string of the molecule is Cc1cc(CCNc2ccccc2C(=O)O)c2nc(N3Cc4ccc(C#N)cc4C3)n(C)c(=O)c2c1. The number of hydrogen-bond donors (Lipinski definition) is 2. The fraction of sp³-hybridized carbons (Fsp3) is 0.214. The normalized spacial score (nSPS) is 12.4. The number of aromatic nitrogens is 2. The summed E-state index contributed by atoms with van der Waals surface area (Å²) in [6.07, 6.45) is 0.567. The summed E-state index contributed by atoms with van der Waals surface area (Å²) in [4.78, 5) is 31.9. The second kappa shape index (κ2) is 9.19. The van der Waals surface area contributed by atoms with Crippen molar-refractivity contribution in [3.8, 4) is 6.07 Å². The van der Waals surface area contributed by atoms with E-state index in [4.69, 9.17) is 4.98 Å². The molecule has 0 spiro atoms. The molecule has 1 aliphatic rings. The molecule has 0 unspecified atom stereocenters. The number of nitrogens with zero attached hydrogens (tertiary/aromatic N) is 4. The van der Waals surface area contributed by atoms with Crippen molar-refractivity contribution in [2.24, 2.45) is 7.05 Å².